The summed E-state index contributed by atoms with van der Waals surface area (Å²) in [6.45, 7) is 2.10. The number of aliphatic carboxylic acids is 1. The highest BCUT2D eigenvalue weighted by Crippen LogP contribution is 2.48. The van der Waals surface area contributed by atoms with E-state index in [1.807, 2.05) is 39.8 Å². The van der Waals surface area contributed by atoms with Crippen LogP contribution in [0.2, 0.25) is 0 Å². The van der Waals surface area contributed by atoms with Crippen molar-refractivity contribution in [1.82, 2.24) is 0 Å². The van der Waals surface area contributed by atoms with Crippen LogP contribution in [0.1, 0.15) is 87.0 Å². The molecular formula is C43H61NO5S2. The van der Waals surface area contributed by atoms with E-state index in [9.17, 15) is 25.2 Å². The zero-order valence-electron chi connectivity index (χ0n) is 30.4. The maximum absolute atomic E-state index is 12.9. The lowest BCUT2D eigenvalue weighted by Gasteiger charge is -2.45. The Kier molecular flexibility index (Phi) is 16.1. The fourth-order valence-electron chi connectivity index (χ4n) is 9.44. The van der Waals surface area contributed by atoms with Crippen LogP contribution in [0.4, 0.5) is 0 Å². The van der Waals surface area contributed by atoms with Crippen LogP contribution in [-0.2, 0) is 30.0 Å². The third-order valence-electron chi connectivity index (χ3n) is 12.0. The largest absolute Gasteiger partial charge is 0.481 e. The number of benzene rings is 2. The minimum absolute atomic E-state index is 0.0117. The Morgan fingerprint density at radius 1 is 0.961 bits per heavy atom. The van der Waals surface area contributed by atoms with E-state index in [0.717, 1.165) is 49.2 Å². The van der Waals surface area contributed by atoms with Gasteiger partial charge < -0.3 is 26.2 Å². The number of nitrogens with two attached hydrogens (primary N) is 1. The molecule has 6 N–H and O–H groups in total. The van der Waals surface area contributed by atoms with Gasteiger partial charge in [-0.1, -0.05) is 127 Å². The van der Waals surface area contributed by atoms with Crippen LogP contribution in [0.25, 0.3) is 0 Å². The molecule has 2 bridgehead atoms. The molecule has 1 saturated carbocycles. The summed E-state index contributed by atoms with van der Waals surface area (Å²) in [7, 11) is 3.83. The van der Waals surface area contributed by atoms with Gasteiger partial charge in [-0.25, -0.2) is 0 Å². The first kappa shape index (κ1) is 40.1. The van der Waals surface area contributed by atoms with Crippen molar-refractivity contribution in [3.8, 4) is 0 Å². The van der Waals surface area contributed by atoms with Gasteiger partial charge in [-0.2, -0.15) is 0 Å². The molecule has 6 rings (SSSR count). The van der Waals surface area contributed by atoms with E-state index in [1.54, 1.807) is 6.92 Å². The van der Waals surface area contributed by atoms with Crippen molar-refractivity contribution in [3.63, 3.8) is 0 Å². The minimum Gasteiger partial charge on any atom is -0.481 e. The Morgan fingerprint density at radius 2 is 1.71 bits per heavy atom. The zero-order valence-corrected chi connectivity index (χ0v) is 32.0. The maximum atomic E-state index is 12.9. The van der Waals surface area contributed by atoms with Crippen molar-refractivity contribution in [2.45, 2.75) is 102 Å². The number of carboxylic acid groups (broad SMARTS) is 1. The summed E-state index contributed by atoms with van der Waals surface area (Å²) in [5.74, 6) is 1.00. The molecule has 9 atom stereocenters. The smallest absolute Gasteiger partial charge is 0.309 e. The van der Waals surface area contributed by atoms with Crippen LogP contribution in [0.3, 0.4) is 0 Å². The predicted molar refractivity (Wildman–Crippen MR) is 212 cm³/mol. The Hall–Kier alpha value is -2.07. The third kappa shape index (κ3) is 11.5. The summed E-state index contributed by atoms with van der Waals surface area (Å²) < 4.78 is 0. The molecule has 0 spiro atoms. The maximum Gasteiger partial charge on any atom is 0.309 e. The molecule has 280 valence electrons. The minimum atomic E-state index is -0.987. The molecule has 2 aromatic carbocycles. The van der Waals surface area contributed by atoms with Gasteiger partial charge in [0.2, 0.25) is 0 Å². The zero-order chi connectivity index (χ0) is 36.2. The van der Waals surface area contributed by atoms with Crippen LogP contribution in [0.15, 0.2) is 72.8 Å². The highest BCUT2D eigenvalue weighted by Gasteiger charge is 2.46. The molecule has 4 aliphatic rings. The van der Waals surface area contributed by atoms with Crippen molar-refractivity contribution < 1.29 is 25.2 Å². The molecule has 2 aliphatic heterocycles. The van der Waals surface area contributed by atoms with E-state index in [0.29, 0.717) is 24.8 Å². The van der Waals surface area contributed by atoms with Crippen molar-refractivity contribution in [2.75, 3.05) is 12.3 Å². The van der Waals surface area contributed by atoms with Gasteiger partial charge in [0.05, 0.1) is 24.7 Å². The standard InChI is InChI=1S/C43H61NO5S2/c1-29(46)41(43(48)49)42-36-18-17-35(40(42)19-20-44)24-34(15-8-16-39(47)23-30-9-3-2-4-10-30)38(22-31-11-7-12-32(21-31)26-45)28-51-50-27-37-14-6-5-13-33(37)25-36/h5-8,11-14,16-18,21,29-30,34-36,38-42,45-47H,2-4,9-10,15,19-20,22-28,44H2,1H3,(H,48,49). The highest BCUT2D eigenvalue weighted by atomic mass is 33.1. The lowest BCUT2D eigenvalue weighted by Crippen LogP contribution is -2.46. The highest BCUT2D eigenvalue weighted by molar-refractivity contribution is 8.76. The van der Waals surface area contributed by atoms with E-state index in [2.05, 4.69) is 54.6 Å². The average molecular weight is 736 g/mol. The van der Waals surface area contributed by atoms with Gasteiger partial charge >= 0.3 is 5.97 Å². The van der Waals surface area contributed by atoms with Gasteiger partial charge in [0, 0.05) is 11.5 Å². The lowest BCUT2D eigenvalue weighted by molar-refractivity contribution is -0.151. The number of allylic oxidation sites excluding steroid dienone is 3. The number of rotatable bonds is 13. The van der Waals surface area contributed by atoms with E-state index in [1.165, 1.54) is 48.8 Å². The normalized spacial score (nSPS) is 28.2. The fourth-order valence-corrected chi connectivity index (χ4v) is 12.0. The molecule has 0 saturated heterocycles. The number of carboxylic acids is 1. The first-order valence-electron chi connectivity index (χ1n) is 19.4. The van der Waals surface area contributed by atoms with E-state index >= 15 is 0 Å². The van der Waals surface area contributed by atoms with Gasteiger partial charge in [-0.05, 0) is 116 Å². The summed E-state index contributed by atoms with van der Waals surface area (Å²) >= 11 is 0. The SMILES string of the molecule is CC(O)C(C(=O)O)C1C2C=CC(CC(CC=CC(O)CC3CCCCC3)C(Cc3cccc(CO)c3)CSSCc3ccccc3C2)C1CCN. The Bertz CT molecular complexity index is 1420. The van der Waals surface area contributed by atoms with Crippen molar-refractivity contribution >= 4 is 27.6 Å². The number of fused-ring (bicyclic) bond motifs is 7. The van der Waals surface area contributed by atoms with Gasteiger partial charge in [0.1, 0.15) is 0 Å². The number of aliphatic hydroxyl groups excluding tert-OH is 3. The molecule has 6 nitrogen and oxygen atoms in total. The topological polar surface area (TPSA) is 124 Å². The third-order valence-corrected chi connectivity index (χ3v) is 14.4. The van der Waals surface area contributed by atoms with Crippen molar-refractivity contribution in [1.29, 1.82) is 0 Å². The first-order chi connectivity index (χ1) is 24.8. The quantitative estimate of drug-likeness (QED) is 0.103. The Balaban J connectivity index is 1.52. The Morgan fingerprint density at radius 3 is 2.43 bits per heavy atom. The summed E-state index contributed by atoms with van der Waals surface area (Å²) in [6.07, 6.45) is 18.6. The molecule has 2 aliphatic carbocycles. The molecular weight excluding hydrogens is 675 g/mol. The number of hydrogen-bond donors (Lipinski definition) is 5. The Labute approximate surface area is 314 Å². The van der Waals surface area contributed by atoms with Gasteiger partial charge in [-0.3, -0.25) is 4.79 Å². The van der Waals surface area contributed by atoms with Crippen LogP contribution >= 0.6 is 21.6 Å². The predicted octanol–water partition coefficient (Wildman–Crippen LogP) is 8.22. The monoisotopic (exact) mass is 735 g/mol. The van der Waals surface area contributed by atoms with Crippen LogP contribution in [0.5, 0.6) is 0 Å². The molecule has 1 fully saturated rings. The molecule has 0 radical (unpaired) electrons. The summed E-state index contributed by atoms with van der Waals surface area (Å²) in [5.41, 5.74) is 11.0. The van der Waals surface area contributed by atoms with Crippen LogP contribution < -0.4 is 5.73 Å². The molecule has 0 aromatic heterocycles. The second-order valence-corrected chi connectivity index (χ2v) is 18.1. The molecule has 9 unspecified atom stereocenters. The lowest BCUT2D eigenvalue weighted by atomic mass is 9.60. The second kappa shape index (κ2) is 20.4. The molecule has 0 amide bonds. The molecule has 2 heterocycles. The van der Waals surface area contributed by atoms with Crippen LogP contribution in [0, 0.1) is 47.3 Å². The van der Waals surface area contributed by atoms with Crippen molar-refractivity contribution in [3.05, 3.63) is 95.1 Å². The van der Waals surface area contributed by atoms with Crippen molar-refractivity contribution in [2.24, 2.45) is 53.1 Å². The summed E-state index contributed by atoms with van der Waals surface area (Å²) in [6, 6.07) is 16.8. The molecule has 8 heteroatoms. The number of carbonyl (C=O) groups is 1. The first-order valence-corrected chi connectivity index (χ1v) is 21.9. The summed E-state index contributed by atoms with van der Waals surface area (Å²) in [5, 5.41) is 42.6. The van der Waals surface area contributed by atoms with Gasteiger partial charge in [0.15, 0.2) is 0 Å². The number of hydrogen-bond acceptors (Lipinski definition) is 7. The van der Waals surface area contributed by atoms with Gasteiger partial charge in [0.25, 0.3) is 0 Å². The fraction of sp³-hybridized carbons (Fsp3) is 0.605. The van der Waals surface area contributed by atoms with E-state index in [4.69, 9.17) is 5.73 Å². The second-order valence-electron chi connectivity index (χ2n) is 15.6. The number of aliphatic hydroxyl groups is 3. The van der Waals surface area contributed by atoms with E-state index < -0.39 is 24.1 Å². The molecule has 51 heavy (non-hydrogen) atoms. The van der Waals surface area contributed by atoms with Crippen LogP contribution in [-0.4, -0.2) is 50.9 Å². The van der Waals surface area contributed by atoms with E-state index in [-0.39, 0.29) is 36.2 Å². The average Bonchev–Trinajstić information content (AvgIpc) is 3.11. The van der Waals surface area contributed by atoms with Gasteiger partial charge in [-0.15, -0.1) is 0 Å². The molecule has 2 aromatic rings. The summed E-state index contributed by atoms with van der Waals surface area (Å²) in [4.78, 5) is 12.9.